The van der Waals surface area contributed by atoms with E-state index >= 15 is 0 Å². The SMILES string of the molecule is C=Cn1cc(O)n(CCCC(C)(C)CCCCOCCCCC(C)(C)C(=O)O)c1=O. The Morgan fingerprint density at radius 2 is 1.63 bits per heavy atom. The van der Waals surface area contributed by atoms with Crippen LogP contribution in [0.15, 0.2) is 17.6 Å². The highest BCUT2D eigenvalue weighted by atomic mass is 16.5. The van der Waals surface area contributed by atoms with Crippen LogP contribution in [0.2, 0.25) is 0 Å². The van der Waals surface area contributed by atoms with Gasteiger partial charge in [-0.1, -0.05) is 33.3 Å². The molecule has 7 nitrogen and oxygen atoms in total. The predicted molar refractivity (Wildman–Crippen MR) is 120 cm³/mol. The molecular formula is C23H40N2O5. The van der Waals surface area contributed by atoms with Crippen molar-refractivity contribution in [3.8, 4) is 5.88 Å². The second-order valence-electron chi connectivity index (χ2n) is 9.49. The first-order valence-electron chi connectivity index (χ1n) is 10.9. The summed E-state index contributed by atoms with van der Waals surface area (Å²) in [4.78, 5) is 23.1. The standard InChI is InChI=1S/C23H40N2O5/c1-6-24-18-19(26)25(21(24)29)15-11-13-22(2,3)12-7-9-16-30-17-10-8-14-23(4,5)20(27)28/h6,18,26H,1,7-17H2,2-5H3,(H,27,28). The molecule has 1 heterocycles. The van der Waals surface area contributed by atoms with E-state index < -0.39 is 11.4 Å². The number of hydrogen-bond acceptors (Lipinski definition) is 4. The fourth-order valence-electron chi connectivity index (χ4n) is 3.46. The Bertz CT molecular complexity index is 730. The van der Waals surface area contributed by atoms with E-state index in [4.69, 9.17) is 9.84 Å². The van der Waals surface area contributed by atoms with Crippen LogP contribution < -0.4 is 5.69 Å². The molecule has 1 aromatic rings. The van der Waals surface area contributed by atoms with Crippen molar-refractivity contribution in [3.05, 3.63) is 23.3 Å². The molecule has 0 aromatic carbocycles. The number of aromatic nitrogens is 2. The van der Waals surface area contributed by atoms with Crippen molar-refractivity contribution in [2.75, 3.05) is 13.2 Å². The minimum absolute atomic E-state index is 0.0265. The van der Waals surface area contributed by atoms with E-state index in [1.54, 1.807) is 13.8 Å². The van der Waals surface area contributed by atoms with Gasteiger partial charge in [-0.25, -0.2) is 4.79 Å². The number of carboxylic acids is 1. The van der Waals surface area contributed by atoms with E-state index in [0.29, 0.717) is 19.6 Å². The van der Waals surface area contributed by atoms with Crippen molar-refractivity contribution in [1.82, 2.24) is 9.13 Å². The van der Waals surface area contributed by atoms with E-state index in [0.717, 1.165) is 51.6 Å². The summed E-state index contributed by atoms with van der Waals surface area (Å²) in [5.74, 6) is -0.772. The molecule has 0 amide bonds. The first-order chi connectivity index (χ1) is 14.0. The molecule has 0 spiro atoms. The number of carbonyl (C=O) groups is 1. The van der Waals surface area contributed by atoms with Crippen LogP contribution in [0.5, 0.6) is 5.88 Å². The average Bonchev–Trinajstić information content (AvgIpc) is 2.93. The van der Waals surface area contributed by atoms with Crippen LogP contribution in [0, 0.1) is 10.8 Å². The molecule has 0 unspecified atom stereocenters. The molecule has 0 bridgehead atoms. The van der Waals surface area contributed by atoms with Gasteiger partial charge in [0, 0.05) is 26.0 Å². The van der Waals surface area contributed by atoms with E-state index in [1.165, 1.54) is 21.5 Å². The van der Waals surface area contributed by atoms with Crippen molar-refractivity contribution in [1.29, 1.82) is 0 Å². The van der Waals surface area contributed by atoms with Crippen LogP contribution in [-0.4, -0.2) is 38.5 Å². The molecule has 7 heteroatoms. The maximum atomic E-state index is 12.0. The molecule has 2 N–H and O–H groups in total. The van der Waals surface area contributed by atoms with Crippen LogP contribution in [0.3, 0.4) is 0 Å². The van der Waals surface area contributed by atoms with Gasteiger partial charge in [-0.15, -0.1) is 0 Å². The maximum Gasteiger partial charge on any atom is 0.335 e. The lowest BCUT2D eigenvalue weighted by molar-refractivity contribution is -0.147. The van der Waals surface area contributed by atoms with Gasteiger partial charge in [0.15, 0.2) is 0 Å². The van der Waals surface area contributed by atoms with E-state index in [2.05, 4.69) is 20.4 Å². The summed E-state index contributed by atoms with van der Waals surface area (Å²) in [6, 6.07) is 0. The fourth-order valence-corrected chi connectivity index (χ4v) is 3.46. The Kier molecular flexibility index (Phi) is 10.4. The second-order valence-corrected chi connectivity index (χ2v) is 9.49. The minimum atomic E-state index is -0.745. The Balaban J connectivity index is 2.14. The number of aromatic hydroxyl groups is 1. The van der Waals surface area contributed by atoms with Gasteiger partial charge < -0.3 is 14.9 Å². The van der Waals surface area contributed by atoms with Crippen LogP contribution in [0.25, 0.3) is 6.20 Å². The summed E-state index contributed by atoms with van der Waals surface area (Å²) >= 11 is 0. The lowest BCUT2D eigenvalue weighted by Crippen LogP contribution is -2.23. The molecule has 0 fully saturated rings. The quantitative estimate of drug-likeness (QED) is 0.374. The molecule has 1 aromatic heterocycles. The van der Waals surface area contributed by atoms with Gasteiger partial charge in [0.1, 0.15) is 0 Å². The predicted octanol–water partition coefficient (Wildman–Crippen LogP) is 4.73. The van der Waals surface area contributed by atoms with Crippen LogP contribution >= 0.6 is 0 Å². The summed E-state index contributed by atoms with van der Waals surface area (Å²) in [5.41, 5.74) is -0.750. The third-order valence-electron chi connectivity index (χ3n) is 5.73. The van der Waals surface area contributed by atoms with Gasteiger partial charge in [-0.2, -0.15) is 0 Å². The third-order valence-corrected chi connectivity index (χ3v) is 5.73. The van der Waals surface area contributed by atoms with Gasteiger partial charge in [0.2, 0.25) is 5.88 Å². The summed E-state index contributed by atoms with van der Waals surface area (Å²) in [7, 11) is 0. The van der Waals surface area contributed by atoms with Gasteiger partial charge in [0.25, 0.3) is 0 Å². The van der Waals surface area contributed by atoms with E-state index in [9.17, 15) is 14.7 Å². The van der Waals surface area contributed by atoms with Gasteiger partial charge in [0.05, 0.1) is 11.6 Å². The number of nitrogens with zero attached hydrogens (tertiary/aromatic N) is 2. The number of imidazole rings is 1. The molecular weight excluding hydrogens is 384 g/mol. The van der Waals surface area contributed by atoms with Gasteiger partial charge in [-0.05, 0) is 57.8 Å². The molecule has 0 aliphatic carbocycles. The van der Waals surface area contributed by atoms with Gasteiger partial charge in [-0.3, -0.25) is 13.9 Å². The number of ether oxygens (including phenoxy) is 1. The minimum Gasteiger partial charge on any atom is -0.493 e. The van der Waals surface area contributed by atoms with Crippen molar-refractivity contribution in [2.24, 2.45) is 10.8 Å². The zero-order valence-corrected chi connectivity index (χ0v) is 19.2. The highest BCUT2D eigenvalue weighted by Crippen LogP contribution is 2.29. The molecule has 0 saturated heterocycles. The van der Waals surface area contributed by atoms with Crippen molar-refractivity contribution in [3.63, 3.8) is 0 Å². The first-order valence-corrected chi connectivity index (χ1v) is 10.9. The Labute approximate surface area is 180 Å². The Morgan fingerprint density at radius 1 is 1.07 bits per heavy atom. The molecule has 0 radical (unpaired) electrons. The summed E-state index contributed by atoms with van der Waals surface area (Å²) < 4.78 is 8.34. The highest BCUT2D eigenvalue weighted by molar-refractivity contribution is 5.73. The van der Waals surface area contributed by atoms with Crippen LogP contribution in [-0.2, 0) is 16.1 Å². The largest absolute Gasteiger partial charge is 0.493 e. The van der Waals surface area contributed by atoms with Gasteiger partial charge >= 0.3 is 11.7 Å². The smallest absolute Gasteiger partial charge is 0.335 e. The van der Waals surface area contributed by atoms with Crippen LogP contribution in [0.4, 0.5) is 0 Å². The summed E-state index contributed by atoms with van der Waals surface area (Å²) in [6.45, 7) is 13.5. The molecule has 0 aliphatic heterocycles. The third kappa shape index (κ3) is 8.78. The Morgan fingerprint density at radius 3 is 2.17 bits per heavy atom. The summed E-state index contributed by atoms with van der Waals surface area (Å²) in [6.07, 6.45) is 10.2. The fraction of sp³-hybridized carbons (Fsp3) is 0.739. The number of aliphatic carboxylic acids is 1. The molecule has 0 saturated carbocycles. The lowest BCUT2D eigenvalue weighted by Gasteiger charge is -2.24. The Hall–Kier alpha value is -2.02. The topological polar surface area (TPSA) is 93.7 Å². The van der Waals surface area contributed by atoms with Crippen molar-refractivity contribution in [2.45, 2.75) is 85.6 Å². The second kappa shape index (κ2) is 12.0. The van der Waals surface area contributed by atoms with E-state index in [-0.39, 0.29) is 17.0 Å². The molecule has 0 aliphatic rings. The molecule has 1 rings (SSSR count). The lowest BCUT2D eigenvalue weighted by atomic mass is 9.83. The van der Waals surface area contributed by atoms with Crippen LogP contribution in [0.1, 0.15) is 79.1 Å². The first kappa shape index (κ1) is 26.0. The van der Waals surface area contributed by atoms with Crippen molar-refractivity contribution >= 4 is 12.2 Å². The molecule has 172 valence electrons. The molecule has 30 heavy (non-hydrogen) atoms. The van der Waals surface area contributed by atoms with E-state index in [1.807, 2.05) is 0 Å². The number of hydrogen-bond donors (Lipinski definition) is 2. The molecule has 0 atom stereocenters. The normalized spacial score (nSPS) is 12.3. The van der Waals surface area contributed by atoms with Crippen molar-refractivity contribution < 1.29 is 19.7 Å². The highest BCUT2D eigenvalue weighted by Gasteiger charge is 2.26. The zero-order chi connectivity index (χ0) is 22.8. The maximum absolute atomic E-state index is 12.0. The average molecular weight is 425 g/mol. The number of unbranched alkanes of at least 4 members (excludes halogenated alkanes) is 2. The summed E-state index contributed by atoms with van der Waals surface area (Å²) in [5, 5.41) is 19.0. The zero-order valence-electron chi connectivity index (χ0n) is 19.2. The monoisotopic (exact) mass is 424 g/mol. The number of carboxylic acid groups (broad SMARTS) is 1. The number of rotatable bonds is 16.